The van der Waals surface area contributed by atoms with E-state index < -0.39 is 54.1 Å². The molecular weight excluding hydrogens is 570 g/mol. The average Bonchev–Trinajstić information content (AvgIpc) is 3.52. The Morgan fingerprint density at radius 2 is 1.81 bits per heavy atom. The number of alkyl halides is 1. The lowest BCUT2D eigenvalue weighted by molar-refractivity contribution is -0.143. The number of carbonyl (C=O) groups is 4. The Hall–Kier alpha value is -3.99. The first-order valence-corrected chi connectivity index (χ1v) is 14.2. The third-order valence-electron chi connectivity index (χ3n) is 8.16. The number of rotatable bonds is 7. The van der Waals surface area contributed by atoms with Crippen LogP contribution in [0.15, 0.2) is 42.6 Å². The summed E-state index contributed by atoms with van der Waals surface area (Å²) in [6.45, 7) is -0.294. The maximum atomic E-state index is 15.1. The minimum atomic E-state index is -1.41. The molecule has 5 rings (SSSR count). The SMILES string of the molecule is Cn1cc(C(=O)Nc2cc(F)c(CC(=O)N3C[C@@H](F)C[C@H]3C(=O)N[C@H]3CC[C@H](C(=O)O)CC3)cc2Cl)c2ccccc21. The quantitative estimate of drug-likeness (QED) is 0.370. The summed E-state index contributed by atoms with van der Waals surface area (Å²) in [5, 5.41) is 15.4. The summed E-state index contributed by atoms with van der Waals surface area (Å²) in [6.07, 6.45) is 1.44. The molecule has 1 aliphatic carbocycles. The topological polar surface area (TPSA) is 121 Å². The molecule has 1 saturated heterocycles. The van der Waals surface area contributed by atoms with E-state index in [1.165, 1.54) is 6.07 Å². The Kier molecular flexibility index (Phi) is 8.49. The summed E-state index contributed by atoms with van der Waals surface area (Å²) in [6, 6.07) is 8.31. The second-order valence-electron chi connectivity index (χ2n) is 11.0. The van der Waals surface area contributed by atoms with E-state index in [1.54, 1.807) is 16.8 Å². The van der Waals surface area contributed by atoms with Gasteiger partial charge in [0.1, 0.15) is 18.0 Å². The lowest BCUT2D eigenvalue weighted by Crippen LogP contribution is -2.50. The number of fused-ring (bicyclic) bond motifs is 1. The highest BCUT2D eigenvalue weighted by molar-refractivity contribution is 6.34. The van der Waals surface area contributed by atoms with Crippen LogP contribution in [0.3, 0.4) is 0 Å². The van der Waals surface area contributed by atoms with Gasteiger partial charge in [-0.05, 0) is 49.4 Å². The number of aryl methyl sites for hydroxylation is 1. The zero-order valence-electron chi connectivity index (χ0n) is 22.9. The first-order chi connectivity index (χ1) is 20.0. The molecule has 0 unspecified atom stereocenters. The highest BCUT2D eigenvalue weighted by Gasteiger charge is 2.41. The van der Waals surface area contributed by atoms with Crippen LogP contribution >= 0.6 is 11.6 Å². The lowest BCUT2D eigenvalue weighted by atomic mass is 9.86. The van der Waals surface area contributed by atoms with Crippen LogP contribution in [0.5, 0.6) is 0 Å². The summed E-state index contributed by atoms with van der Waals surface area (Å²) >= 11 is 6.37. The molecule has 3 N–H and O–H groups in total. The molecule has 0 radical (unpaired) electrons. The van der Waals surface area contributed by atoms with Crippen LogP contribution < -0.4 is 10.6 Å². The standard InChI is InChI=1S/C30H31ClF2N4O5/c1-36-15-21(20-4-2-3-5-25(20)36)28(39)35-24-13-23(33)17(10-22(24)31)11-27(38)37-14-18(32)12-26(37)29(40)34-19-8-6-16(7-9-19)30(41)42/h2-5,10,13,15-16,18-19,26H,6-9,11-12,14H2,1H3,(H,34,40)(H,35,39)(H,41,42)/t16-,18-,19-,26-/m0/s1. The first-order valence-electron chi connectivity index (χ1n) is 13.8. The maximum Gasteiger partial charge on any atom is 0.306 e. The molecule has 3 aromatic rings. The number of para-hydroxylation sites is 1. The smallest absolute Gasteiger partial charge is 0.306 e. The van der Waals surface area contributed by atoms with E-state index in [1.807, 2.05) is 25.2 Å². The summed E-state index contributed by atoms with van der Waals surface area (Å²) < 4.78 is 31.3. The molecule has 2 fully saturated rings. The van der Waals surface area contributed by atoms with Crippen LogP contribution in [0.1, 0.15) is 48.0 Å². The number of hydrogen-bond acceptors (Lipinski definition) is 4. The van der Waals surface area contributed by atoms with Crippen molar-refractivity contribution in [3.05, 3.63) is 64.6 Å². The van der Waals surface area contributed by atoms with Gasteiger partial charge in [-0.25, -0.2) is 8.78 Å². The number of nitrogens with zero attached hydrogens (tertiary/aromatic N) is 2. The van der Waals surface area contributed by atoms with E-state index >= 15 is 4.39 Å². The normalized spacial score (nSPS) is 22.2. The third kappa shape index (κ3) is 6.11. The number of benzene rings is 2. The number of carbonyl (C=O) groups excluding carboxylic acids is 3. The number of likely N-dealkylation sites (tertiary alicyclic amines) is 1. The van der Waals surface area contributed by atoms with Gasteiger partial charge in [-0.15, -0.1) is 0 Å². The molecule has 222 valence electrons. The number of aromatic nitrogens is 1. The molecule has 3 amide bonds. The predicted molar refractivity (Wildman–Crippen MR) is 153 cm³/mol. The second kappa shape index (κ2) is 12.1. The van der Waals surface area contributed by atoms with Gasteiger partial charge in [-0.2, -0.15) is 0 Å². The zero-order valence-corrected chi connectivity index (χ0v) is 23.7. The summed E-state index contributed by atoms with van der Waals surface area (Å²) in [5.74, 6) is -3.71. The Morgan fingerprint density at radius 1 is 1.10 bits per heavy atom. The fourth-order valence-corrected chi connectivity index (χ4v) is 6.12. The van der Waals surface area contributed by atoms with Gasteiger partial charge in [0.25, 0.3) is 5.91 Å². The van der Waals surface area contributed by atoms with Crippen molar-refractivity contribution in [1.82, 2.24) is 14.8 Å². The number of carboxylic acids is 1. The second-order valence-corrected chi connectivity index (χ2v) is 11.4. The third-order valence-corrected chi connectivity index (χ3v) is 8.48. The van der Waals surface area contributed by atoms with Crippen LogP contribution in [0.4, 0.5) is 14.5 Å². The highest BCUT2D eigenvalue weighted by atomic mass is 35.5. The van der Waals surface area contributed by atoms with E-state index in [4.69, 9.17) is 11.6 Å². The molecule has 2 aromatic carbocycles. The molecule has 12 heteroatoms. The molecule has 1 aliphatic heterocycles. The van der Waals surface area contributed by atoms with Gasteiger partial charge in [-0.1, -0.05) is 29.8 Å². The number of aliphatic carboxylic acids is 1. The lowest BCUT2D eigenvalue weighted by Gasteiger charge is -2.30. The minimum absolute atomic E-state index is 0.0174. The predicted octanol–water partition coefficient (Wildman–Crippen LogP) is 4.46. The molecule has 2 aliphatic rings. The Labute approximate surface area is 245 Å². The van der Waals surface area contributed by atoms with E-state index in [9.17, 15) is 28.7 Å². The maximum absolute atomic E-state index is 15.1. The van der Waals surface area contributed by atoms with Gasteiger partial charge in [-0.3, -0.25) is 19.2 Å². The number of nitrogens with one attached hydrogen (secondary N) is 2. The van der Waals surface area contributed by atoms with Gasteiger partial charge < -0.3 is 25.2 Å². The molecule has 2 heterocycles. The monoisotopic (exact) mass is 600 g/mol. The van der Waals surface area contributed by atoms with Crippen LogP contribution in [0.25, 0.3) is 10.9 Å². The van der Waals surface area contributed by atoms with E-state index in [0.29, 0.717) is 31.2 Å². The molecule has 1 aromatic heterocycles. The van der Waals surface area contributed by atoms with Gasteiger partial charge in [0, 0.05) is 36.6 Å². The van der Waals surface area contributed by atoms with Crippen molar-refractivity contribution in [2.45, 2.75) is 56.8 Å². The van der Waals surface area contributed by atoms with Crippen LogP contribution in [-0.2, 0) is 27.9 Å². The molecule has 9 nitrogen and oxygen atoms in total. The van der Waals surface area contributed by atoms with Crippen LogP contribution in [0, 0.1) is 11.7 Å². The van der Waals surface area contributed by atoms with E-state index in [2.05, 4.69) is 10.6 Å². The average molecular weight is 601 g/mol. The van der Waals surface area contributed by atoms with Crippen molar-refractivity contribution in [3.8, 4) is 0 Å². The molecule has 1 saturated carbocycles. The summed E-state index contributed by atoms with van der Waals surface area (Å²) in [5.41, 5.74) is 1.21. The molecule has 0 spiro atoms. The molecule has 42 heavy (non-hydrogen) atoms. The minimum Gasteiger partial charge on any atom is -0.481 e. The number of halogens is 3. The number of anilines is 1. The Balaban J connectivity index is 1.24. The Bertz CT molecular complexity index is 1550. The van der Waals surface area contributed by atoms with Crippen LogP contribution in [0.2, 0.25) is 5.02 Å². The van der Waals surface area contributed by atoms with Crippen molar-refractivity contribution in [1.29, 1.82) is 0 Å². The van der Waals surface area contributed by atoms with Gasteiger partial charge in [0.2, 0.25) is 11.8 Å². The molecule has 2 atom stereocenters. The molecule has 0 bridgehead atoms. The van der Waals surface area contributed by atoms with Crippen molar-refractivity contribution < 1.29 is 33.1 Å². The largest absolute Gasteiger partial charge is 0.481 e. The number of amides is 3. The van der Waals surface area contributed by atoms with Gasteiger partial charge in [0.15, 0.2) is 0 Å². The van der Waals surface area contributed by atoms with Crippen molar-refractivity contribution >= 4 is 51.9 Å². The van der Waals surface area contributed by atoms with Gasteiger partial charge in [0.05, 0.1) is 35.2 Å². The van der Waals surface area contributed by atoms with Crippen molar-refractivity contribution in [2.75, 3.05) is 11.9 Å². The fraction of sp³-hybridized carbons (Fsp3) is 0.400. The zero-order chi connectivity index (χ0) is 30.1. The summed E-state index contributed by atoms with van der Waals surface area (Å²) in [7, 11) is 1.81. The summed E-state index contributed by atoms with van der Waals surface area (Å²) in [4.78, 5) is 51.4. The van der Waals surface area contributed by atoms with Crippen molar-refractivity contribution in [2.24, 2.45) is 13.0 Å². The molecular formula is C30H31ClF2N4O5. The highest BCUT2D eigenvalue weighted by Crippen LogP contribution is 2.30. The Morgan fingerprint density at radius 3 is 2.52 bits per heavy atom. The van der Waals surface area contributed by atoms with Gasteiger partial charge >= 0.3 is 5.97 Å². The van der Waals surface area contributed by atoms with E-state index in [0.717, 1.165) is 21.9 Å². The van der Waals surface area contributed by atoms with Crippen LogP contribution in [-0.4, -0.2) is 63.1 Å². The fourth-order valence-electron chi connectivity index (χ4n) is 5.89. The number of carboxylic acid groups (broad SMARTS) is 1. The first kappa shape index (κ1) is 29.5. The number of hydrogen-bond donors (Lipinski definition) is 3. The van der Waals surface area contributed by atoms with Crippen molar-refractivity contribution in [3.63, 3.8) is 0 Å². The van der Waals surface area contributed by atoms with E-state index in [-0.39, 0.29) is 35.3 Å².